The van der Waals surface area contributed by atoms with Crippen molar-refractivity contribution in [1.29, 1.82) is 0 Å². The van der Waals surface area contributed by atoms with Crippen molar-refractivity contribution in [3.8, 4) is 0 Å². The molecule has 0 saturated heterocycles. The van der Waals surface area contributed by atoms with Crippen LogP contribution in [0.3, 0.4) is 0 Å². The van der Waals surface area contributed by atoms with Gasteiger partial charge in [0.1, 0.15) is 11.0 Å². The van der Waals surface area contributed by atoms with Crippen LogP contribution >= 0.6 is 11.6 Å². The van der Waals surface area contributed by atoms with E-state index in [0.29, 0.717) is 23.7 Å². The molecule has 0 fully saturated rings. The third-order valence-corrected chi connectivity index (χ3v) is 2.87. The van der Waals surface area contributed by atoms with Gasteiger partial charge in [0.25, 0.3) is 5.91 Å². The first-order valence-corrected chi connectivity index (χ1v) is 6.49. The Hall–Kier alpha value is -1.88. The molecule has 0 aromatic carbocycles. The Bertz CT molecular complexity index is 554. The standard InChI is InChI=1S/C13H15ClN4O/c1-2-10-7-9(8-11(14)18-10)13(19)17-4-3-12-15-5-6-16-12/h5-8H,2-4H2,1H3,(H,15,16)(H,17,19). The lowest BCUT2D eigenvalue weighted by atomic mass is 10.2. The number of aromatic amines is 1. The molecule has 0 unspecified atom stereocenters. The highest BCUT2D eigenvalue weighted by Gasteiger charge is 2.08. The Morgan fingerprint density at radius 2 is 2.32 bits per heavy atom. The van der Waals surface area contributed by atoms with Crippen molar-refractivity contribution < 1.29 is 4.79 Å². The lowest BCUT2D eigenvalue weighted by Gasteiger charge is -2.06. The van der Waals surface area contributed by atoms with Gasteiger partial charge in [0.15, 0.2) is 0 Å². The molecule has 100 valence electrons. The molecule has 0 aliphatic rings. The SMILES string of the molecule is CCc1cc(C(=O)NCCc2ncc[nH]2)cc(Cl)n1. The van der Waals surface area contributed by atoms with Gasteiger partial charge in [-0.3, -0.25) is 4.79 Å². The quantitative estimate of drug-likeness (QED) is 0.822. The second kappa shape index (κ2) is 6.33. The Morgan fingerprint density at radius 1 is 1.47 bits per heavy atom. The van der Waals surface area contributed by atoms with Crippen molar-refractivity contribution in [2.24, 2.45) is 0 Å². The van der Waals surface area contributed by atoms with Crippen LogP contribution < -0.4 is 5.32 Å². The van der Waals surface area contributed by atoms with Crippen molar-refractivity contribution in [2.45, 2.75) is 19.8 Å². The van der Waals surface area contributed by atoms with E-state index in [0.717, 1.165) is 17.9 Å². The van der Waals surface area contributed by atoms with Gasteiger partial charge in [-0.15, -0.1) is 0 Å². The number of amides is 1. The predicted molar refractivity (Wildman–Crippen MR) is 73.2 cm³/mol. The Morgan fingerprint density at radius 3 is 3.00 bits per heavy atom. The zero-order valence-corrected chi connectivity index (χ0v) is 11.4. The highest BCUT2D eigenvalue weighted by Crippen LogP contribution is 2.11. The average molecular weight is 279 g/mol. The maximum Gasteiger partial charge on any atom is 0.251 e. The molecular weight excluding hydrogens is 264 g/mol. The highest BCUT2D eigenvalue weighted by atomic mass is 35.5. The van der Waals surface area contributed by atoms with E-state index in [1.54, 1.807) is 24.5 Å². The first-order valence-electron chi connectivity index (χ1n) is 6.12. The number of nitrogens with zero attached hydrogens (tertiary/aromatic N) is 2. The number of H-pyrrole nitrogens is 1. The monoisotopic (exact) mass is 278 g/mol. The number of aryl methyl sites for hydroxylation is 1. The minimum atomic E-state index is -0.148. The van der Waals surface area contributed by atoms with Crippen LogP contribution in [-0.2, 0) is 12.8 Å². The maximum atomic E-state index is 12.0. The van der Waals surface area contributed by atoms with E-state index in [4.69, 9.17) is 11.6 Å². The zero-order valence-electron chi connectivity index (χ0n) is 10.6. The van der Waals surface area contributed by atoms with Gasteiger partial charge < -0.3 is 10.3 Å². The second-order valence-electron chi connectivity index (χ2n) is 4.07. The van der Waals surface area contributed by atoms with Crippen LogP contribution in [0.15, 0.2) is 24.5 Å². The fraction of sp³-hybridized carbons (Fsp3) is 0.308. The number of halogens is 1. The van der Waals surface area contributed by atoms with E-state index in [-0.39, 0.29) is 5.91 Å². The molecule has 2 aromatic heterocycles. The van der Waals surface area contributed by atoms with Gasteiger partial charge >= 0.3 is 0 Å². The summed E-state index contributed by atoms with van der Waals surface area (Å²) < 4.78 is 0. The van der Waals surface area contributed by atoms with E-state index >= 15 is 0 Å². The van der Waals surface area contributed by atoms with Gasteiger partial charge in [0, 0.05) is 36.6 Å². The van der Waals surface area contributed by atoms with Crippen molar-refractivity contribution in [1.82, 2.24) is 20.3 Å². The molecule has 19 heavy (non-hydrogen) atoms. The number of hydrogen-bond acceptors (Lipinski definition) is 3. The minimum absolute atomic E-state index is 0.148. The Balaban J connectivity index is 1.94. The largest absolute Gasteiger partial charge is 0.352 e. The van der Waals surface area contributed by atoms with E-state index < -0.39 is 0 Å². The Kier molecular flexibility index (Phi) is 4.52. The highest BCUT2D eigenvalue weighted by molar-refractivity contribution is 6.29. The van der Waals surface area contributed by atoms with Gasteiger partial charge in [0.2, 0.25) is 0 Å². The predicted octanol–water partition coefficient (Wildman–Crippen LogP) is 1.99. The molecule has 0 atom stereocenters. The summed E-state index contributed by atoms with van der Waals surface area (Å²) in [6, 6.07) is 3.33. The number of carbonyl (C=O) groups excluding carboxylic acids is 1. The molecule has 0 aliphatic carbocycles. The number of imidazole rings is 1. The minimum Gasteiger partial charge on any atom is -0.352 e. The fourth-order valence-electron chi connectivity index (χ4n) is 1.69. The van der Waals surface area contributed by atoms with Crippen LogP contribution in [0, 0.1) is 0 Å². The number of carbonyl (C=O) groups is 1. The van der Waals surface area contributed by atoms with Gasteiger partial charge in [-0.05, 0) is 18.6 Å². The molecule has 0 aliphatic heterocycles. The molecule has 0 saturated carbocycles. The van der Waals surface area contributed by atoms with Gasteiger partial charge in [-0.1, -0.05) is 18.5 Å². The summed E-state index contributed by atoms with van der Waals surface area (Å²) in [5, 5.41) is 3.17. The Labute approximate surface area is 116 Å². The van der Waals surface area contributed by atoms with Gasteiger partial charge in [0.05, 0.1) is 0 Å². The molecule has 6 heteroatoms. The molecule has 2 N–H and O–H groups in total. The van der Waals surface area contributed by atoms with Crippen molar-refractivity contribution in [3.05, 3.63) is 46.8 Å². The summed E-state index contributed by atoms with van der Waals surface area (Å²) in [5.74, 6) is 0.702. The third kappa shape index (κ3) is 3.79. The molecule has 0 bridgehead atoms. The molecule has 0 spiro atoms. The number of pyridine rings is 1. The van der Waals surface area contributed by atoms with Gasteiger partial charge in [-0.25, -0.2) is 9.97 Å². The van der Waals surface area contributed by atoms with Crippen LogP contribution in [0.1, 0.15) is 28.8 Å². The van der Waals surface area contributed by atoms with Crippen LogP contribution in [0.2, 0.25) is 5.15 Å². The van der Waals surface area contributed by atoms with Crippen LogP contribution in [0.4, 0.5) is 0 Å². The summed E-state index contributed by atoms with van der Waals surface area (Å²) in [4.78, 5) is 23.2. The van der Waals surface area contributed by atoms with E-state index in [2.05, 4.69) is 20.3 Å². The number of hydrogen-bond donors (Lipinski definition) is 2. The first kappa shape index (κ1) is 13.5. The fourth-order valence-corrected chi connectivity index (χ4v) is 1.92. The van der Waals surface area contributed by atoms with Crippen LogP contribution in [-0.4, -0.2) is 27.4 Å². The van der Waals surface area contributed by atoms with E-state index in [9.17, 15) is 4.79 Å². The normalized spacial score (nSPS) is 10.4. The second-order valence-corrected chi connectivity index (χ2v) is 4.45. The molecule has 5 nitrogen and oxygen atoms in total. The third-order valence-electron chi connectivity index (χ3n) is 2.67. The molecule has 2 heterocycles. The number of rotatable bonds is 5. The summed E-state index contributed by atoms with van der Waals surface area (Å²) in [7, 11) is 0. The van der Waals surface area contributed by atoms with Crippen molar-refractivity contribution >= 4 is 17.5 Å². The van der Waals surface area contributed by atoms with Crippen LogP contribution in [0.5, 0.6) is 0 Å². The van der Waals surface area contributed by atoms with Crippen molar-refractivity contribution in [3.63, 3.8) is 0 Å². The number of aromatic nitrogens is 3. The summed E-state index contributed by atoms with van der Waals surface area (Å²) in [6.45, 7) is 2.49. The summed E-state index contributed by atoms with van der Waals surface area (Å²) in [5.41, 5.74) is 1.35. The lowest BCUT2D eigenvalue weighted by Crippen LogP contribution is -2.26. The maximum absolute atomic E-state index is 12.0. The molecular formula is C13H15ClN4O. The smallest absolute Gasteiger partial charge is 0.251 e. The first-order chi connectivity index (χ1) is 9.19. The summed E-state index contributed by atoms with van der Waals surface area (Å²) in [6.07, 6.45) is 4.85. The lowest BCUT2D eigenvalue weighted by molar-refractivity contribution is 0.0954. The summed E-state index contributed by atoms with van der Waals surface area (Å²) >= 11 is 5.88. The average Bonchev–Trinajstić information content (AvgIpc) is 2.91. The zero-order chi connectivity index (χ0) is 13.7. The molecule has 2 rings (SSSR count). The van der Waals surface area contributed by atoms with Crippen molar-refractivity contribution in [2.75, 3.05) is 6.54 Å². The van der Waals surface area contributed by atoms with Gasteiger partial charge in [-0.2, -0.15) is 0 Å². The topological polar surface area (TPSA) is 70.7 Å². The van der Waals surface area contributed by atoms with Crippen LogP contribution in [0.25, 0.3) is 0 Å². The molecule has 2 aromatic rings. The number of nitrogens with one attached hydrogen (secondary N) is 2. The van der Waals surface area contributed by atoms with E-state index in [1.165, 1.54) is 0 Å². The van der Waals surface area contributed by atoms with E-state index in [1.807, 2.05) is 6.92 Å². The molecule has 0 radical (unpaired) electrons. The molecule has 1 amide bonds.